The maximum absolute atomic E-state index is 11.3. The Morgan fingerprint density at radius 3 is 2.95 bits per heavy atom. The number of rotatable bonds is 4. The molecule has 0 aliphatic rings. The van der Waals surface area contributed by atoms with Crippen molar-refractivity contribution < 1.29 is 9.21 Å². The van der Waals surface area contributed by atoms with Crippen molar-refractivity contribution in [2.75, 3.05) is 5.73 Å². The van der Waals surface area contributed by atoms with Gasteiger partial charge in [0.25, 0.3) is 5.91 Å². The fraction of sp³-hybridized carbons (Fsp3) is 0.154. The zero-order chi connectivity index (χ0) is 13.8. The lowest BCUT2D eigenvalue weighted by atomic mass is 10.2. The number of nitrogens with one attached hydrogen (secondary N) is 1. The molecule has 0 atom stereocenters. The van der Waals surface area contributed by atoms with E-state index in [9.17, 15) is 4.79 Å². The third kappa shape index (κ3) is 3.30. The van der Waals surface area contributed by atoms with Crippen LogP contribution in [-0.4, -0.2) is 5.91 Å². The van der Waals surface area contributed by atoms with Crippen molar-refractivity contribution in [3.8, 4) is 0 Å². The normalized spacial score (nSPS) is 10.4. The Morgan fingerprint density at radius 2 is 2.21 bits per heavy atom. The molecule has 6 heteroatoms. The van der Waals surface area contributed by atoms with E-state index < -0.39 is 0 Å². The molecule has 1 aromatic heterocycles. The molecule has 5 nitrogen and oxygen atoms in total. The second-order valence-corrected chi connectivity index (χ2v) is 5.11. The second-order valence-electron chi connectivity index (χ2n) is 4.09. The molecule has 1 aromatic carbocycles. The molecule has 100 valence electrons. The first kappa shape index (κ1) is 13.5. The molecule has 0 saturated carbocycles. The summed E-state index contributed by atoms with van der Waals surface area (Å²) in [6.07, 6.45) is 1.39. The molecular weight excluding hydrogens is 262 g/mol. The first-order valence-electron chi connectivity index (χ1n) is 5.67. The van der Waals surface area contributed by atoms with Crippen molar-refractivity contribution in [3.63, 3.8) is 0 Å². The predicted octanol–water partition coefficient (Wildman–Crippen LogP) is 2.07. The monoisotopic (exact) mass is 277 g/mol. The molecule has 0 aliphatic heterocycles. The lowest BCUT2D eigenvalue weighted by molar-refractivity contribution is 0.0953. The van der Waals surface area contributed by atoms with E-state index in [1.165, 1.54) is 6.26 Å². The van der Waals surface area contributed by atoms with Gasteiger partial charge in [-0.1, -0.05) is 6.07 Å². The molecule has 0 radical (unpaired) electrons. The lowest BCUT2D eigenvalue weighted by Gasteiger charge is -2.05. The van der Waals surface area contributed by atoms with Crippen LogP contribution in [-0.2, 0) is 5.75 Å². The van der Waals surface area contributed by atoms with Crippen molar-refractivity contribution in [3.05, 3.63) is 47.4 Å². The van der Waals surface area contributed by atoms with Gasteiger partial charge in [-0.2, -0.15) is 0 Å². The molecule has 0 bridgehead atoms. The summed E-state index contributed by atoms with van der Waals surface area (Å²) in [6.45, 7) is 2.03. The number of hydrogen-bond donors (Lipinski definition) is 3. The Kier molecular flexibility index (Phi) is 4.13. The molecule has 0 fully saturated rings. The van der Waals surface area contributed by atoms with Crippen LogP contribution in [0.2, 0.25) is 0 Å². The van der Waals surface area contributed by atoms with Gasteiger partial charge < -0.3 is 10.2 Å². The van der Waals surface area contributed by atoms with E-state index in [1.807, 2.05) is 25.1 Å². The Labute approximate surface area is 115 Å². The van der Waals surface area contributed by atoms with E-state index in [0.29, 0.717) is 17.1 Å². The van der Waals surface area contributed by atoms with Crippen LogP contribution in [0.15, 0.2) is 39.8 Å². The number of carbonyl (C=O) groups excluding carboxylic acids is 1. The molecule has 1 heterocycles. The van der Waals surface area contributed by atoms with E-state index in [2.05, 4.69) is 5.43 Å². The van der Waals surface area contributed by atoms with Crippen molar-refractivity contribution in [1.29, 1.82) is 0 Å². The summed E-state index contributed by atoms with van der Waals surface area (Å²) >= 11 is 1.61. The minimum Gasteiger partial charge on any atom is -0.468 e. The quantitative estimate of drug-likeness (QED) is 0.261. The third-order valence-electron chi connectivity index (χ3n) is 2.63. The number of nitrogens with two attached hydrogens (primary N) is 2. The van der Waals surface area contributed by atoms with Gasteiger partial charge in [0.1, 0.15) is 12.0 Å². The van der Waals surface area contributed by atoms with Crippen LogP contribution in [0.4, 0.5) is 5.69 Å². The van der Waals surface area contributed by atoms with Crippen LogP contribution in [0.25, 0.3) is 0 Å². The first-order valence-corrected chi connectivity index (χ1v) is 6.66. The Hall–Kier alpha value is -1.92. The van der Waals surface area contributed by atoms with Crippen molar-refractivity contribution >= 4 is 23.4 Å². The third-order valence-corrected chi connectivity index (χ3v) is 3.81. The van der Waals surface area contributed by atoms with Crippen molar-refractivity contribution in [2.45, 2.75) is 17.6 Å². The van der Waals surface area contributed by atoms with E-state index >= 15 is 0 Å². The van der Waals surface area contributed by atoms with Gasteiger partial charge in [-0.05, 0) is 30.7 Å². The lowest BCUT2D eigenvalue weighted by Crippen LogP contribution is -2.29. The maximum Gasteiger partial charge on any atom is 0.268 e. The van der Waals surface area contributed by atoms with E-state index in [4.69, 9.17) is 16.0 Å². The van der Waals surface area contributed by atoms with E-state index in [0.717, 1.165) is 16.1 Å². The summed E-state index contributed by atoms with van der Waals surface area (Å²) in [4.78, 5) is 12.4. The number of amides is 1. The smallest absolute Gasteiger partial charge is 0.268 e. The first-order chi connectivity index (χ1) is 9.10. The largest absolute Gasteiger partial charge is 0.468 e. The number of thioether (sulfide) groups is 1. The van der Waals surface area contributed by atoms with Crippen LogP contribution >= 0.6 is 11.8 Å². The number of furan rings is 1. The highest BCUT2D eigenvalue weighted by Crippen LogP contribution is 2.28. The second kappa shape index (κ2) is 5.81. The van der Waals surface area contributed by atoms with Gasteiger partial charge in [0.2, 0.25) is 0 Å². The van der Waals surface area contributed by atoms with Crippen LogP contribution in [0.1, 0.15) is 21.7 Å². The SMILES string of the molecule is Cc1ccc(N)cc1SCc1cc(C(=O)NN)co1. The molecule has 0 saturated heterocycles. The van der Waals surface area contributed by atoms with Gasteiger partial charge in [0.15, 0.2) is 0 Å². The number of benzene rings is 1. The zero-order valence-corrected chi connectivity index (χ0v) is 11.3. The highest BCUT2D eigenvalue weighted by Gasteiger charge is 2.09. The summed E-state index contributed by atoms with van der Waals surface area (Å²) in [5, 5.41) is 0. The Balaban J connectivity index is 2.04. The highest BCUT2D eigenvalue weighted by atomic mass is 32.2. The standard InChI is InChI=1S/C13H15N3O2S/c1-8-2-3-10(14)5-12(8)19-7-11-4-9(6-18-11)13(17)16-15/h2-6H,7,14-15H2,1H3,(H,16,17). The van der Waals surface area contributed by atoms with Gasteiger partial charge in [-0.3, -0.25) is 10.2 Å². The average molecular weight is 277 g/mol. The summed E-state index contributed by atoms with van der Waals surface area (Å²) in [7, 11) is 0. The number of anilines is 1. The van der Waals surface area contributed by atoms with Crippen LogP contribution in [0.3, 0.4) is 0 Å². The van der Waals surface area contributed by atoms with E-state index in [1.54, 1.807) is 17.8 Å². The van der Waals surface area contributed by atoms with E-state index in [-0.39, 0.29) is 5.91 Å². The van der Waals surface area contributed by atoms with Crippen LogP contribution < -0.4 is 17.0 Å². The Morgan fingerprint density at radius 1 is 1.42 bits per heavy atom. The maximum atomic E-state index is 11.3. The minimum atomic E-state index is -0.361. The highest BCUT2D eigenvalue weighted by molar-refractivity contribution is 7.98. The van der Waals surface area contributed by atoms with Gasteiger partial charge in [-0.25, -0.2) is 5.84 Å². The molecule has 19 heavy (non-hydrogen) atoms. The topological polar surface area (TPSA) is 94.3 Å². The van der Waals surface area contributed by atoms with Crippen LogP contribution in [0, 0.1) is 6.92 Å². The molecule has 2 rings (SSSR count). The Bertz CT molecular complexity index is 595. The molecule has 0 aliphatic carbocycles. The average Bonchev–Trinajstić information content (AvgIpc) is 2.88. The van der Waals surface area contributed by atoms with Crippen molar-refractivity contribution in [1.82, 2.24) is 5.43 Å². The fourth-order valence-electron chi connectivity index (χ4n) is 1.58. The van der Waals surface area contributed by atoms with Gasteiger partial charge >= 0.3 is 0 Å². The van der Waals surface area contributed by atoms with Gasteiger partial charge in [0, 0.05) is 10.6 Å². The fourth-order valence-corrected chi connectivity index (χ4v) is 2.54. The summed E-state index contributed by atoms with van der Waals surface area (Å²) in [5.41, 5.74) is 10.1. The number of nitrogen functional groups attached to an aromatic ring is 2. The predicted molar refractivity (Wildman–Crippen MR) is 75.5 cm³/mol. The molecule has 5 N–H and O–H groups in total. The van der Waals surface area contributed by atoms with Gasteiger partial charge in [0.05, 0.1) is 11.3 Å². The van der Waals surface area contributed by atoms with Gasteiger partial charge in [-0.15, -0.1) is 11.8 Å². The molecule has 0 unspecified atom stereocenters. The molecule has 1 amide bonds. The molecular formula is C13H15N3O2S. The number of hydrogen-bond acceptors (Lipinski definition) is 5. The summed E-state index contributed by atoms with van der Waals surface area (Å²) in [5.74, 6) is 6.03. The zero-order valence-electron chi connectivity index (χ0n) is 10.5. The molecule has 0 spiro atoms. The van der Waals surface area contributed by atoms with Crippen LogP contribution in [0.5, 0.6) is 0 Å². The number of hydrazine groups is 1. The number of aryl methyl sites for hydroxylation is 1. The number of carbonyl (C=O) groups is 1. The minimum absolute atomic E-state index is 0.361. The summed E-state index contributed by atoms with van der Waals surface area (Å²) in [6, 6.07) is 7.45. The molecule has 2 aromatic rings. The van der Waals surface area contributed by atoms with Crippen molar-refractivity contribution in [2.24, 2.45) is 5.84 Å². The summed E-state index contributed by atoms with van der Waals surface area (Å²) < 4.78 is 5.31.